The summed E-state index contributed by atoms with van der Waals surface area (Å²) in [7, 11) is 0. The molecule has 2 heterocycles. The third-order valence-electron chi connectivity index (χ3n) is 4.93. The van der Waals surface area contributed by atoms with Crippen LogP contribution in [-0.4, -0.2) is 24.7 Å². The number of nitrogens with zero attached hydrogens (tertiary/aromatic N) is 4. The Balaban J connectivity index is 1.78. The molecular weight excluding hydrogens is 382 g/mol. The zero-order valence-corrected chi connectivity index (χ0v) is 17.2. The van der Waals surface area contributed by atoms with Gasteiger partial charge in [-0.05, 0) is 55.7 Å². The van der Waals surface area contributed by atoms with E-state index in [1.54, 1.807) is 24.3 Å². The van der Waals surface area contributed by atoms with Gasteiger partial charge in [0.2, 0.25) is 11.7 Å². The Kier molecular flexibility index (Phi) is 4.99. The summed E-state index contributed by atoms with van der Waals surface area (Å²) in [6.45, 7) is 6.03. The highest BCUT2D eigenvalue weighted by Crippen LogP contribution is 2.14. The molecule has 0 fully saturated rings. The molecule has 8 heteroatoms. The van der Waals surface area contributed by atoms with Crippen molar-refractivity contribution < 1.29 is 4.79 Å². The number of amides is 1. The third-order valence-corrected chi connectivity index (χ3v) is 4.93. The van der Waals surface area contributed by atoms with Gasteiger partial charge in [0, 0.05) is 12.2 Å². The van der Waals surface area contributed by atoms with E-state index in [1.165, 1.54) is 8.97 Å². The van der Waals surface area contributed by atoms with E-state index in [2.05, 4.69) is 10.4 Å². The van der Waals surface area contributed by atoms with Crippen molar-refractivity contribution in [1.29, 1.82) is 0 Å². The van der Waals surface area contributed by atoms with Gasteiger partial charge in [-0.15, -0.1) is 5.10 Å². The Hall–Kier alpha value is -3.68. The summed E-state index contributed by atoms with van der Waals surface area (Å²) in [5.41, 5.74) is 2.56. The number of rotatable bonds is 5. The number of aromatic nitrogens is 4. The molecule has 154 valence electrons. The van der Waals surface area contributed by atoms with Crippen molar-refractivity contribution >= 4 is 28.3 Å². The van der Waals surface area contributed by atoms with E-state index in [1.807, 2.05) is 39.0 Å². The Labute approximate surface area is 172 Å². The molecule has 0 saturated heterocycles. The lowest BCUT2D eigenvalue weighted by atomic mass is 10.1. The van der Waals surface area contributed by atoms with Gasteiger partial charge in [-0.1, -0.05) is 25.1 Å². The van der Waals surface area contributed by atoms with Gasteiger partial charge in [0.25, 0.3) is 5.56 Å². The van der Waals surface area contributed by atoms with Crippen molar-refractivity contribution in [2.75, 3.05) is 5.32 Å². The number of hydrogen-bond donors (Lipinski definition) is 1. The maximum Gasteiger partial charge on any atom is 0.352 e. The number of hydrogen-bond acceptors (Lipinski definition) is 4. The summed E-state index contributed by atoms with van der Waals surface area (Å²) in [4.78, 5) is 38.6. The van der Waals surface area contributed by atoms with E-state index >= 15 is 0 Å². The lowest BCUT2D eigenvalue weighted by Crippen LogP contribution is -2.29. The second kappa shape index (κ2) is 7.62. The van der Waals surface area contributed by atoms with Crippen molar-refractivity contribution in [2.24, 2.45) is 0 Å². The highest BCUT2D eigenvalue weighted by Gasteiger charge is 2.18. The van der Waals surface area contributed by atoms with Crippen molar-refractivity contribution in [2.45, 2.75) is 40.3 Å². The maximum absolute atomic E-state index is 13.1. The average molecular weight is 405 g/mol. The number of anilines is 1. The fourth-order valence-electron chi connectivity index (χ4n) is 3.78. The zero-order chi connectivity index (χ0) is 21.4. The van der Waals surface area contributed by atoms with E-state index in [9.17, 15) is 14.4 Å². The topological polar surface area (TPSA) is 90.4 Å². The van der Waals surface area contributed by atoms with E-state index in [0.29, 0.717) is 29.6 Å². The molecule has 2 aromatic carbocycles. The van der Waals surface area contributed by atoms with Gasteiger partial charge in [-0.25, -0.2) is 13.9 Å². The maximum atomic E-state index is 13.1. The Morgan fingerprint density at radius 1 is 1.07 bits per heavy atom. The first-order valence-electron chi connectivity index (χ1n) is 9.88. The molecule has 4 rings (SSSR count). The van der Waals surface area contributed by atoms with Crippen LogP contribution in [0.3, 0.4) is 0 Å². The number of carbonyl (C=O) groups is 1. The minimum atomic E-state index is -0.457. The standard InChI is InChI=1S/C22H23N5O3/c1-4-9-25-20(29)17-7-5-6-8-18(17)27-21(25)24-26(22(27)30)13-19(28)23-16-11-14(2)10-15(3)12-16/h5-8,10-12H,4,9,13H2,1-3H3,(H,23,28). The van der Waals surface area contributed by atoms with Crippen LogP contribution in [0.2, 0.25) is 0 Å². The van der Waals surface area contributed by atoms with Gasteiger partial charge in [-0.3, -0.25) is 14.2 Å². The van der Waals surface area contributed by atoms with Crippen molar-refractivity contribution in [1.82, 2.24) is 18.7 Å². The van der Waals surface area contributed by atoms with E-state index in [-0.39, 0.29) is 23.8 Å². The van der Waals surface area contributed by atoms with Crippen LogP contribution in [0.5, 0.6) is 0 Å². The quantitative estimate of drug-likeness (QED) is 0.552. The minimum absolute atomic E-state index is 0.197. The highest BCUT2D eigenvalue weighted by atomic mass is 16.2. The molecular formula is C22H23N5O3. The minimum Gasteiger partial charge on any atom is -0.324 e. The summed E-state index contributed by atoms with van der Waals surface area (Å²) in [6, 6.07) is 12.7. The monoisotopic (exact) mass is 405 g/mol. The van der Waals surface area contributed by atoms with Crippen LogP contribution in [0, 0.1) is 13.8 Å². The lowest BCUT2D eigenvalue weighted by molar-refractivity contribution is -0.117. The lowest BCUT2D eigenvalue weighted by Gasteiger charge is -2.07. The van der Waals surface area contributed by atoms with Crippen LogP contribution in [0.25, 0.3) is 16.7 Å². The summed E-state index contributed by atoms with van der Waals surface area (Å²) >= 11 is 0. The van der Waals surface area contributed by atoms with Gasteiger partial charge in [-0.2, -0.15) is 0 Å². The molecule has 0 atom stereocenters. The molecule has 0 spiro atoms. The van der Waals surface area contributed by atoms with Crippen LogP contribution in [0.4, 0.5) is 5.69 Å². The second-order valence-electron chi connectivity index (χ2n) is 7.47. The van der Waals surface area contributed by atoms with Gasteiger partial charge in [0.15, 0.2) is 0 Å². The molecule has 2 aromatic heterocycles. The van der Waals surface area contributed by atoms with Gasteiger partial charge in [0.05, 0.1) is 10.9 Å². The number of para-hydroxylation sites is 1. The molecule has 4 aromatic rings. The van der Waals surface area contributed by atoms with Crippen molar-refractivity contribution in [3.63, 3.8) is 0 Å². The molecule has 1 amide bonds. The SMILES string of the molecule is CCCn1c(=O)c2ccccc2n2c(=O)n(CC(=O)Nc3cc(C)cc(C)c3)nc12. The van der Waals surface area contributed by atoms with E-state index in [4.69, 9.17) is 0 Å². The molecule has 0 radical (unpaired) electrons. The average Bonchev–Trinajstić information content (AvgIpc) is 3.00. The van der Waals surface area contributed by atoms with Gasteiger partial charge in [0.1, 0.15) is 6.54 Å². The van der Waals surface area contributed by atoms with Gasteiger partial charge < -0.3 is 5.32 Å². The highest BCUT2D eigenvalue weighted by molar-refractivity contribution is 5.90. The van der Waals surface area contributed by atoms with Gasteiger partial charge >= 0.3 is 5.69 Å². The predicted molar refractivity (Wildman–Crippen MR) is 116 cm³/mol. The van der Waals surface area contributed by atoms with E-state index in [0.717, 1.165) is 15.8 Å². The summed E-state index contributed by atoms with van der Waals surface area (Å²) < 4.78 is 3.99. The summed E-state index contributed by atoms with van der Waals surface area (Å²) in [6.07, 6.45) is 0.710. The summed E-state index contributed by atoms with van der Waals surface area (Å²) in [5.74, 6) is -0.121. The zero-order valence-electron chi connectivity index (χ0n) is 17.2. The Morgan fingerprint density at radius 2 is 1.77 bits per heavy atom. The van der Waals surface area contributed by atoms with Crippen LogP contribution in [0.15, 0.2) is 52.1 Å². The number of nitrogens with one attached hydrogen (secondary N) is 1. The first-order valence-corrected chi connectivity index (χ1v) is 9.88. The fourth-order valence-corrected chi connectivity index (χ4v) is 3.78. The van der Waals surface area contributed by atoms with Crippen LogP contribution in [-0.2, 0) is 17.9 Å². The predicted octanol–water partition coefficient (Wildman–Crippen LogP) is 2.48. The Morgan fingerprint density at radius 3 is 2.47 bits per heavy atom. The smallest absolute Gasteiger partial charge is 0.324 e. The molecule has 0 aliphatic rings. The molecule has 0 unspecified atom stereocenters. The van der Waals surface area contributed by atoms with Crippen molar-refractivity contribution in [3.05, 3.63) is 74.4 Å². The third kappa shape index (κ3) is 3.41. The number of benzene rings is 2. The first kappa shape index (κ1) is 19.6. The number of carbonyl (C=O) groups excluding carboxylic acids is 1. The van der Waals surface area contributed by atoms with Crippen molar-refractivity contribution in [3.8, 4) is 0 Å². The number of fused-ring (bicyclic) bond motifs is 3. The molecule has 1 N–H and O–H groups in total. The molecule has 0 bridgehead atoms. The van der Waals surface area contributed by atoms with Crippen LogP contribution < -0.4 is 16.6 Å². The largest absolute Gasteiger partial charge is 0.352 e. The first-order chi connectivity index (χ1) is 14.4. The number of aryl methyl sites for hydroxylation is 3. The molecule has 30 heavy (non-hydrogen) atoms. The summed E-state index contributed by atoms with van der Waals surface area (Å²) in [5, 5.41) is 7.59. The van der Waals surface area contributed by atoms with E-state index < -0.39 is 5.69 Å². The van der Waals surface area contributed by atoms with Crippen LogP contribution >= 0.6 is 0 Å². The van der Waals surface area contributed by atoms with Crippen LogP contribution in [0.1, 0.15) is 24.5 Å². The molecule has 0 saturated carbocycles. The Bertz CT molecular complexity index is 1370. The molecule has 8 nitrogen and oxygen atoms in total. The fraction of sp³-hybridized carbons (Fsp3) is 0.273. The second-order valence-corrected chi connectivity index (χ2v) is 7.47. The molecule has 0 aliphatic heterocycles. The molecule has 0 aliphatic carbocycles. The normalized spacial score (nSPS) is 11.3.